The number of aliphatic imine (C=N–C) groups is 1. The van der Waals surface area contributed by atoms with Gasteiger partial charge in [0.15, 0.2) is 5.96 Å². The summed E-state index contributed by atoms with van der Waals surface area (Å²) < 4.78 is 51.9. The first-order valence-electron chi connectivity index (χ1n) is 9.67. The SMILES string of the molecule is CCNC(=NCCOc1ncccc1C(F)(F)F)N1CCOC(c2cnn(C)c2)C1.I. The number of aryl methyl sites for hydroxylation is 1. The number of pyridine rings is 1. The monoisotopic (exact) mass is 554 g/mol. The number of hydrogen-bond donors (Lipinski definition) is 1. The van der Waals surface area contributed by atoms with Crippen LogP contribution >= 0.6 is 24.0 Å². The van der Waals surface area contributed by atoms with E-state index in [4.69, 9.17) is 9.47 Å². The second-order valence-electron chi connectivity index (χ2n) is 6.69. The van der Waals surface area contributed by atoms with Crippen LogP contribution in [0.5, 0.6) is 5.88 Å². The average Bonchev–Trinajstić information content (AvgIpc) is 3.16. The maximum atomic E-state index is 13.0. The fourth-order valence-electron chi connectivity index (χ4n) is 3.09. The molecule has 31 heavy (non-hydrogen) atoms. The van der Waals surface area contributed by atoms with Crippen LogP contribution in [0.2, 0.25) is 0 Å². The Kier molecular flexibility index (Phi) is 9.34. The normalized spacial score (nSPS) is 17.3. The fourth-order valence-corrected chi connectivity index (χ4v) is 3.09. The molecule has 8 nitrogen and oxygen atoms in total. The molecule has 0 spiro atoms. The number of rotatable bonds is 6. The zero-order valence-electron chi connectivity index (χ0n) is 17.3. The van der Waals surface area contributed by atoms with Gasteiger partial charge in [-0.15, -0.1) is 24.0 Å². The Labute approximate surface area is 195 Å². The van der Waals surface area contributed by atoms with Crippen molar-refractivity contribution in [2.24, 2.45) is 12.0 Å². The quantitative estimate of drug-likeness (QED) is 0.256. The Morgan fingerprint density at radius 1 is 1.42 bits per heavy atom. The maximum absolute atomic E-state index is 13.0. The maximum Gasteiger partial charge on any atom is 0.421 e. The van der Waals surface area contributed by atoms with Gasteiger partial charge in [-0.05, 0) is 19.1 Å². The molecule has 3 rings (SSSR count). The van der Waals surface area contributed by atoms with Crippen molar-refractivity contribution in [1.82, 2.24) is 25.0 Å². The predicted octanol–water partition coefficient (Wildman–Crippen LogP) is 2.87. The molecule has 1 aliphatic heterocycles. The van der Waals surface area contributed by atoms with Gasteiger partial charge in [-0.2, -0.15) is 18.3 Å². The zero-order valence-corrected chi connectivity index (χ0v) is 19.6. The second-order valence-corrected chi connectivity index (χ2v) is 6.69. The van der Waals surface area contributed by atoms with E-state index in [0.717, 1.165) is 11.6 Å². The minimum atomic E-state index is -4.52. The van der Waals surface area contributed by atoms with Gasteiger partial charge in [0.2, 0.25) is 5.88 Å². The lowest BCUT2D eigenvalue weighted by atomic mass is 10.1. The van der Waals surface area contributed by atoms with E-state index in [1.54, 1.807) is 10.9 Å². The number of aromatic nitrogens is 3. The van der Waals surface area contributed by atoms with Crippen LogP contribution in [0.15, 0.2) is 35.7 Å². The number of nitrogens with zero attached hydrogens (tertiary/aromatic N) is 5. The first kappa shape index (κ1) is 25.2. The molecule has 2 aromatic rings. The first-order valence-corrected chi connectivity index (χ1v) is 9.67. The Morgan fingerprint density at radius 3 is 2.90 bits per heavy atom. The summed E-state index contributed by atoms with van der Waals surface area (Å²) in [5.41, 5.74) is 0.0876. The van der Waals surface area contributed by atoms with E-state index in [1.807, 2.05) is 20.2 Å². The van der Waals surface area contributed by atoms with Crippen molar-refractivity contribution >= 4 is 29.9 Å². The zero-order chi connectivity index (χ0) is 21.6. The van der Waals surface area contributed by atoms with Crippen molar-refractivity contribution in [2.45, 2.75) is 19.2 Å². The first-order chi connectivity index (χ1) is 14.4. The van der Waals surface area contributed by atoms with Gasteiger partial charge in [-0.1, -0.05) is 0 Å². The van der Waals surface area contributed by atoms with Crippen LogP contribution in [0.3, 0.4) is 0 Å². The van der Waals surface area contributed by atoms with Gasteiger partial charge in [0, 0.05) is 38.1 Å². The van der Waals surface area contributed by atoms with Gasteiger partial charge in [0.25, 0.3) is 0 Å². The van der Waals surface area contributed by atoms with Crippen LogP contribution in [0.25, 0.3) is 0 Å². The summed E-state index contributed by atoms with van der Waals surface area (Å²) in [6.07, 6.45) is 0.311. The molecule has 0 bridgehead atoms. The Bertz CT molecular complexity index is 861. The van der Waals surface area contributed by atoms with Gasteiger partial charge in [0.1, 0.15) is 18.3 Å². The fraction of sp³-hybridized carbons (Fsp3) is 0.526. The molecule has 1 N–H and O–H groups in total. The largest absolute Gasteiger partial charge is 0.475 e. The van der Waals surface area contributed by atoms with Crippen molar-refractivity contribution in [1.29, 1.82) is 0 Å². The van der Waals surface area contributed by atoms with Crippen LogP contribution in [-0.2, 0) is 18.0 Å². The molecule has 1 unspecified atom stereocenters. The third-order valence-electron chi connectivity index (χ3n) is 4.47. The number of guanidine groups is 1. The summed E-state index contributed by atoms with van der Waals surface area (Å²) in [6.45, 7) is 4.56. The molecule has 1 fully saturated rings. The van der Waals surface area contributed by atoms with Gasteiger partial charge < -0.3 is 19.7 Å². The number of hydrogen-bond acceptors (Lipinski definition) is 5. The van der Waals surface area contributed by atoms with E-state index in [-0.39, 0.29) is 43.2 Å². The molecule has 1 atom stereocenters. The van der Waals surface area contributed by atoms with E-state index in [1.165, 1.54) is 12.3 Å². The summed E-state index contributed by atoms with van der Waals surface area (Å²) in [4.78, 5) is 10.3. The van der Waals surface area contributed by atoms with Crippen molar-refractivity contribution in [3.05, 3.63) is 41.9 Å². The van der Waals surface area contributed by atoms with Crippen LogP contribution in [-0.4, -0.2) is 65.0 Å². The van der Waals surface area contributed by atoms with Crippen LogP contribution in [0.4, 0.5) is 13.2 Å². The molecule has 0 saturated carbocycles. The molecule has 172 valence electrons. The molecule has 12 heteroatoms. The van der Waals surface area contributed by atoms with Crippen LogP contribution < -0.4 is 10.1 Å². The number of morpholine rings is 1. The van der Waals surface area contributed by atoms with Gasteiger partial charge in [-0.25, -0.2) is 9.98 Å². The molecule has 1 saturated heterocycles. The van der Waals surface area contributed by atoms with Crippen LogP contribution in [0, 0.1) is 0 Å². The molecule has 0 aromatic carbocycles. The predicted molar refractivity (Wildman–Crippen MR) is 120 cm³/mol. The standard InChI is InChI=1S/C19H25F3N6O2.HI/c1-3-23-18(28-8-10-29-16(13-28)14-11-26-27(2)12-14)25-7-9-30-17-15(19(20,21)22)5-4-6-24-17;/h4-6,11-12,16H,3,7-10,13H2,1-2H3,(H,23,25);1H. The highest BCUT2D eigenvalue weighted by Crippen LogP contribution is 2.34. The molecule has 0 radical (unpaired) electrons. The third kappa shape index (κ3) is 6.95. The van der Waals surface area contributed by atoms with Crippen molar-refractivity contribution in [3.63, 3.8) is 0 Å². The van der Waals surface area contributed by atoms with Gasteiger partial charge in [0.05, 0.1) is 25.9 Å². The van der Waals surface area contributed by atoms with E-state index < -0.39 is 17.6 Å². The minimum absolute atomic E-state index is 0. The third-order valence-corrected chi connectivity index (χ3v) is 4.47. The number of nitrogens with one attached hydrogen (secondary N) is 1. The van der Waals surface area contributed by atoms with Crippen molar-refractivity contribution < 1.29 is 22.6 Å². The molecule has 1 aliphatic rings. The lowest BCUT2D eigenvalue weighted by Gasteiger charge is -2.34. The van der Waals surface area contributed by atoms with E-state index >= 15 is 0 Å². The second kappa shape index (κ2) is 11.5. The summed E-state index contributed by atoms with van der Waals surface area (Å²) in [7, 11) is 1.85. The minimum Gasteiger partial charge on any atom is -0.475 e. The summed E-state index contributed by atoms with van der Waals surface area (Å²) in [6, 6.07) is 2.18. The van der Waals surface area contributed by atoms with E-state index in [2.05, 4.69) is 25.3 Å². The Hall–Kier alpha value is -2.09. The molecule has 2 aromatic heterocycles. The lowest BCUT2D eigenvalue weighted by Crippen LogP contribution is -2.48. The molecule has 0 aliphatic carbocycles. The Morgan fingerprint density at radius 2 is 2.23 bits per heavy atom. The van der Waals surface area contributed by atoms with Crippen molar-refractivity contribution in [2.75, 3.05) is 39.4 Å². The smallest absolute Gasteiger partial charge is 0.421 e. The molecule has 0 amide bonds. The summed E-state index contributed by atoms with van der Waals surface area (Å²) >= 11 is 0. The van der Waals surface area contributed by atoms with Crippen molar-refractivity contribution in [3.8, 4) is 5.88 Å². The molecule has 3 heterocycles. The average molecular weight is 554 g/mol. The Balaban J connectivity index is 0.00000341. The number of halogens is 4. The highest BCUT2D eigenvalue weighted by atomic mass is 127. The highest BCUT2D eigenvalue weighted by Gasteiger charge is 2.35. The topological polar surface area (TPSA) is 76.8 Å². The lowest BCUT2D eigenvalue weighted by molar-refractivity contribution is -0.139. The van der Waals surface area contributed by atoms with Gasteiger partial charge in [-0.3, -0.25) is 4.68 Å². The highest BCUT2D eigenvalue weighted by molar-refractivity contribution is 14.0. The number of alkyl halides is 3. The summed E-state index contributed by atoms with van der Waals surface area (Å²) in [5, 5.41) is 7.39. The van der Waals surface area contributed by atoms with Gasteiger partial charge >= 0.3 is 6.18 Å². The van der Waals surface area contributed by atoms with E-state index in [0.29, 0.717) is 32.2 Å². The van der Waals surface area contributed by atoms with E-state index in [9.17, 15) is 13.2 Å². The van der Waals surface area contributed by atoms with Crippen LogP contribution in [0.1, 0.15) is 24.2 Å². The summed E-state index contributed by atoms with van der Waals surface area (Å²) in [5.74, 6) is 0.226. The molecular weight excluding hydrogens is 528 g/mol. The molecular formula is C19H26F3IN6O2. The number of ether oxygens (including phenoxy) is 2.